The van der Waals surface area contributed by atoms with Crippen molar-refractivity contribution in [3.63, 3.8) is 0 Å². The molecule has 0 fully saturated rings. The van der Waals surface area contributed by atoms with Crippen LogP contribution in [0.4, 0.5) is 22.7 Å². The van der Waals surface area contributed by atoms with Gasteiger partial charge in [-0.1, -0.05) is 18.2 Å². The van der Waals surface area contributed by atoms with Crippen LogP contribution in [0.25, 0.3) is 11.4 Å². The maximum Gasteiger partial charge on any atom is 0.438 e. The van der Waals surface area contributed by atoms with E-state index in [1.807, 2.05) is 0 Å². The fourth-order valence-electron chi connectivity index (χ4n) is 2.76. The van der Waals surface area contributed by atoms with Gasteiger partial charge < -0.3 is 5.11 Å². The van der Waals surface area contributed by atoms with Crippen LogP contribution < -0.4 is 5.01 Å². The topological polar surface area (TPSA) is 61.6 Å². The number of hydrogen-bond donors (Lipinski definition) is 1. The quantitative estimate of drug-likeness (QED) is 0.660. The Labute approximate surface area is 160 Å². The minimum Gasteiger partial charge on any atom is -0.362 e. The number of aromatic nitrogens is 2. The number of alkyl halides is 3. The van der Waals surface area contributed by atoms with Crippen molar-refractivity contribution in [1.29, 1.82) is 0 Å². The molecule has 0 bridgehead atoms. The van der Waals surface area contributed by atoms with Crippen molar-refractivity contribution in [2.24, 2.45) is 5.10 Å². The highest BCUT2D eigenvalue weighted by Crippen LogP contribution is 2.44. The number of anilines is 1. The highest BCUT2D eigenvalue weighted by Gasteiger charge is 2.62. The summed E-state index contributed by atoms with van der Waals surface area (Å²) in [5, 5.41) is 16.3. The van der Waals surface area contributed by atoms with Gasteiger partial charge in [0.05, 0.1) is 17.8 Å². The normalized spacial score (nSPS) is 19.8. The van der Waals surface area contributed by atoms with Gasteiger partial charge in [0, 0.05) is 11.6 Å². The van der Waals surface area contributed by atoms with E-state index in [2.05, 4.69) is 15.1 Å². The molecule has 3 heterocycles. The fraction of sp³-hybridized carbons (Fsp3) is 0.167. The van der Waals surface area contributed by atoms with Crippen molar-refractivity contribution >= 4 is 22.2 Å². The molecule has 1 aromatic carbocycles. The molecule has 0 unspecified atom stereocenters. The minimum absolute atomic E-state index is 0.0191. The first-order chi connectivity index (χ1) is 13.3. The van der Waals surface area contributed by atoms with Gasteiger partial charge in [-0.2, -0.15) is 23.3 Å². The highest BCUT2D eigenvalue weighted by molar-refractivity contribution is 7.14. The van der Waals surface area contributed by atoms with Crippen LogP contribution in [0.15, 0.2) is 59.1 Å². The summed E-state index contributed by atoms with van der Waals surface area (Å²) in [6.45, 7) is 0. The van der Waals surface area contributed by atoms with Gasteiger partial charge in [-0.25, -0.2) is 9.37 Å². The molecular weight excluding hydrogens is 396 g/mol. The first-order valence-electron chi connectivity index (χ1n) is 8.08. The summed E-state index contributed by atoms with van der Waals surface area (Å²) < 4.78 is 54.2. The van der Waals surface area contributed by atoms with Gasteiger partial charge in [0.15, 0.2) is 0 Å². The lowest BCUT2D eigenvalue weighted by atomic mass is 10.0. The molecule has 1 aliphatic heterocycles. The number of aliphatic hydroxyl groups is 1. The summed E-state index contributed by atoms with van der Waals surface area (Å²) >= 11 is 0.907. The average molecular weight is 408 g/mol. The largest absolute Gasteiger partial charge is 0.438 e. The number of thiazole rings is 1. The van der Waals surface area contributed by atoms with Crippen LogP contribution in [0.5, 0.6) is 0 Å². The van der Waals surface area contributed by atoms with Gasteiger partial charge in [-0.05, 0) is 29.8 Å². The predicted octanol–water partition coefficient (Wildman–Crippen LogP) is 4.21. The number of hydrazone groups is 1. The molecule has 0 radical (unpaired) electrons. The van der Waals surface area contributed by atoms with E-state index in [-0.39, 0.29) is 16.4 Å². The molecule has 0 saturated heterocycles. The van der Waals surface area contributed by atoms with E-state index in [9.17, 15) is 22.7 Å². The fourth-order valence-corrected chi connectivity index (χ4v) is 3.60. The first-order valence-corrected chi connectivity index (χ1v) is 8.95. The summed E-state index contributed by atoms with van der Waals surface area (Å²) in [4.78, 5) is 8.28. The van der Waals surface area contributed by atoms with Crippen molar-refractivity contribution in [3.05, 3.63) is 65.4 Å². The molecule has 1 aliphatic rings. The van der Waals surface area contributed by atoms with Crippen molar-refractivity contribution in [2.75, 3.05) is 5.01 Å². The molecule has 1 atom stereocenters. The second-order valence-electron chi connectivity index (χ2n) is 6.09. The standard InChI is InChI=1S/C18H12F4N4OS/c19-12-6-4-11(5-7-12)14-9-17(27,18(20,21)22)26(25-14)16-24-15(10-28-16)13-3-1-2-8-23-13/h1-8,10,27H,9H2/t17-/m1/s1. The zero-order chi connectivity index (χ0) is 19.9. The minimum atomic E-state index is -4.99. The van der Waals surface area contributed by atoms with Crippen LogP contribution in [0, 0.1) is 5.82 Å². The van der Waals surface area contributed by atoms with E-state index in [1.165, 1.54) is 12.1 Å². The molecule has 2 aromatic heterocycles. The lowest BCUT2D eigenvalue weighted by Crippen LogP contribution is -2.55. The monoisotopic (exact) mass is 408 g/mol. The third kappa shape index (κ3) is 3.14. The lowest BCUT2D eigenvalue weighted by Gasteiger charge is -2.32. The van der Waals surface area contributed by atoms with Gasteiger partial charge in [0.2, 0.25) is 5.13 Å². The van der Waals surface area contributed by atoms with E-state index in [4.69, 9.17) is 0 Å². The van der Waals surface area contributed by atoms with Gasteiger partial charge in [-0.15, -0.1) is 11.3 Å². The summed E-state index contributed by atoms with van der Waals surface area (Å²) in [6, 6.07) is 9.98. The molecule has 0 aliphatic carbocycles. The summed E-state index contributed by atoms with van der Waals surface area (Å²) in [5.74, 6) is -0.523. The Hall–Kier alpha value is -2.85. The maximum atomic E-state index is 13.7. The Morgan fingerprint density at radius 1 is 1.07 bits per heavy atom. The van der Waals surface area contributed by atoms with Gasteiger partial charge >= 0.3 is 6.18 Å². The van der Waals surface area contributed by atoms with E-state index in [0.29, 0.717) is 16.4 Å². The van der Waals surface area contributed by atoms with Crippen molar-refractivity contribution < 1.29 is 22.7 Å². The van der Waals surface area contributed by atoms with Gasteiger partial charge in [0.1, 0.15) is 11.5 Å². The second-order valence-corrected chi connectivity index (χ2v) is 6.92. The predicted molar refractivity (Wildman–Crippen MR) is 96.4 cm³/mol. The third-order valence-corrected chi connectivity index (χ3v) is 5.03. The zero-order valence-corrected chi connectivity index (χ0v) is 14.9. The molecule has 0 spiro atoms. The van der Waals surface area contributed by atoms with Crippen LogP contribution in [0.3, 0.4) is 0 Å². The Kier molecular flexibility index (Phi) is 4.39. The SMILES string of the molecule is O[C@@]1(C(F)(F)F)CC(c2ccc(F)cc2)=NN1c1nc(-c2ccccn2)cs1. The third-order valence-electron chi connectivity index (χ3n) is 4.22. The molecule has 5 nitrogen and oxygen atoms in total. The number of nitrogens with zero attached hydrogens (tertiary/aromatic N) is 4. The lowest BCUT2D eigenvalue weighted by molar-refractivity contribution is -0.254. The number of hydrogen-bond acceptors (Lipinski definition) is 6. The number of rotatable bonds is 3. The number of benzene rings is 1. The van der Waals surface area contributed by atoms with Crippen LogP contribution in [0.1, 0.15) is 12.0 Å². The first kappa shape index (κ1) is 18.5. The van der Waals surface area contributed by atoms with E-state index in [0.717, 1.165) is 23.5 Å². The molecular formula is C18H12F4N4OS. The van der Waals surface area contributed by atoms with Gasteiger partial charge in [-0.3, -0.25) is 4.98 Å². The molecule has 3 aromatic rings. The summed E-state index contributed by atoms with van der Waals surface area (Å²) in [5.41, 5.74) is -2.13. The van der Waals surface area contributed by atoms with E-state index in [1.54, 1.807) is 29.8 Å². The molecule has 0 amide bonds. The average Bonchev–Trinajstić information content (AvgIpc) is 3.28. The maximum absolute atomic E-state index is 13.7. The van der Waals surface area contributed by atoms with Gasteiger partial charge in [0.25, 0.3) is 5.72 Å². The Bertz CT molecular complexity index is 1020. The highest BCUT2D eigenvalue weighted by atomic mass is 32.1. The van der Waals surface area contributed by atoms with Crippen molar-refractivity contribution in [1.82, 2.24) is 9.97 Å². The number of pyridine rings is 1. The van der Waals surface area contributed by atoms with E-state index < -0.39 is 24.1 Å². The van der Waals surface area contributed by atoms with Crippen LogP contribution in [-0.2, 0) is 0 Å². The zero-order valence-electron chi connectivity index (χ0n) is 14.1. The smallest absolute Gasteiger partial charge is 0.362 e. The Balaban J connectivity index is 1.75. The molecule has 0 saturated carbocycles. The molecule has 4 rings (SSSR count). The summed E-state index contributed by atoms with van der Waals surface area (Å²) in [6.07, 6.45) is -4.25. The number of halogens is 4. The molecule has 28 heavy (non-hydrogen) atoms. The van der Waals surface area contributed by atoms with Crippen LogP contribution in [0.2, 0.25) is 0 Å². The molecule has 144 valence electrons. The van der Waals surface area contributed by atoms with Crippen LogP contribution in [-0.4, -0.2) is 32.7 Å². The second kappa shape index (κ2) is 6.64. The van der Waals surface area contributed by atoms with Crippen molar-refractivity contribution in [2.45, 2.75) is 18.3 Å². The molecule has 10 heteroatoms. The van der Waals surface area contributed by atoms with Crippen LogP contribution >= 0.6 is 11.3 Å². The van der Waals surface area contributed by atoms with E-state index >= 15 is 0 Å². The summed E-state index contributed by atoms with van der Waals surface area (Å²) in [7, 11) is 0. The molecule has 1 N–H and O–H groups in total. The van der Waals surface area contributed by atoms with Crippen molar-refractivity contribution in [3.8, 4) is 11.4 Å². The Morgan fingerprint density at radius 3 is 2.46 bits per heavy atom. The Morgan fingerprint density at radius 2 is 1.82 bits per heavy atom.